The van der Waals surface area contributed by atoms with Crippen LogP contribution in [0.5, 0.6) is 11.5 Å². The van der Waals surface area contributed by atoms with E-state index in [9.17, 15) is 13.2 Å². The quantitative estimate of drug-likeness (QED) is 0.265. The van der Waals surface area contributed by atoms with Crippen molar-refractivity contribution in [2.45, 2.75) is 50.8 Å². The Labute approximate surface area is 212 Å². The number of methoxy groups -OCH3 is 1. The molecule has 0 atom stereocenters. The highest BCUT2D eigenvalue weighted by molar-refractivity contribution is 8.19. The summed E-state index contributed by atoms with van der Waals surface area (Å²) in [6, 6.07) is 13.4. The largest absolute Gasteiger partial charge is 0.493 e. The molecular weight excluding hydrogens is 484 g/mol. The van der Waals surface area contributed by atoms with Crippen LogP contribution in [0.25, 0.3) is 6.08 Å². The fourth-order valence-corrected chi connectivity index (χ4v) is 5.80. The summed E-state index contributed by atoms with van der Waals surface area (Å²) >= 11 is 1.05. The molecule has 7 nitrogen and oxygen atoms in total. The van der Waals surface area contributed by atoms with Crippen molar-refractivity contribution in [3.05, 3.63) is 59.0 Å². The number of thioether (sulfide) groups is 1. The van der Waals surface area contributed by atoms with E-state index < -0.39 is 10.0 Å². The number of carbonyl (C=O) groups is 1. The normalized spacial score (nSPS) is 16.3. The first-order valence-electron chi connectivity index (χ1n) is 11.8. The zero-order valence-electron chi connectivity index (χ0n) is 20.4. The minimum absolute atomic E-state index is 0.0840. The predicted molar refractivity (Wildman–Crippen MR) is 141 cm³/mol. The van der Waals surface area contributed by atoms with Crippen LogP contribution in [-0.4, -0.2) is 44.7 Å². The number of sulfonamides is 1. The van der Waals surface area contributed by atoms with Gasteiger partial charge in [-0.3, -0.25) is 9.69 Å². The van der Waals surface area contributed by atoms with E-state index in [4.69, 9.17) is 9.47 Å². The summed E-state index contributed by atoms with van der Waals surface area (Å²) < 4.78 is 40.8. The van der Waals surface area contributed by atoms with Gasteiger partial charge in [0.1, 0.15) is 0 Å². The number of hydrogen-bond donors (Lipinski definition) is 0. The third-order valence-electron chi connectivity index (χ3n) is 5.43. The molecule has 3 rings (SSSR count). The Bertz CT molecular complexity index is 1180. The van der Waals surface area contributed by atoms with Gasteiger partial charge in [-0.1, -0.05) is 56.9 Å². The zero-order valence-corrected chi connectivity index (χ0v) is 22.0. The fraction of sp³-hybridized carbons (Fsp3) is 0.385. The SMILES string of the molecule is CCCCCCCOc1cc(/C=C2\S/C(=N/S(=O)(=O)c3ccccc3)N(CC)C2=O)ccc1OC. The molecule has 35 heavy (non-hydrogen) atoms. The van der Waals surface area contributed by atoms with Crippen LogP contribution in [0.1, 0.15) is 51.5 Å². The lowest BCUT2D eigenvalue weighted by molar-refractivity contribution is -0.122. The molecular formula is C26H32N2O5S2. The van der Waals surface area contributed by atoms with E-state index >= 15 is 0 Å². The highest BCUT2D eigenvalue weighted by atomic mass is 32.2. The van der Waals surface area contributed by atoms with E-state index in [1.807, 2.05) is 12.1 Å². The second-order valence-electron chi connectivity index (χ2n) is 8.00. The standard InChI is InChI=1S/C26H32N2O5S2/c1-4-6-7-8-12-17-33-23-18-20(15-16-22(23)32-3)19-24-25(29)28(5-2)26(34-24)27-35(30,31)21-13-10-9-11-14-21/h9-11,13-16,18-19H,4-8,12,17H2,1-3H3/b24-19-,27-26+. The summed E-state index contributed by atoms with van der Waals surface area (Å²) in [5.74, 6) is 0.951. The van der Waals surface area contributed by atoms with Crippen LogP contribution in [0.15, 0.2) is 62.7 Å². The number of carbonyl (C=O) groups excluding carboxylic acids is 1. The zero-order chi connectivity index (χ0) is 25.3. The van der Waals surface area contributed by atoms with E-state index in [0.29, 0.717) is 29.6 Å². The van der Waals surface area contributed by atoms with Gasteiger partial charge in [-0.15, -0.1) is 4.40 Å². The Morgan fingerprint density at radius 1 is 1.00 bits per heavy atom. The predicted octanol–water partition coefficient (Wildman–Crippen LogP) is 5.73. The minimum Gasteiger partial charge on any atom is -0.493 e. The molecule has 0 unspecified atom stereocenters. The maximum absolute atomic E-state index is 13.0. The number of amides is 1. The van der Waals surface area contributed by atoms with E-state index in [1.165, 1.54) is 36.3 Å². The highest BCUT2D eigenvalue weighted by Gasteiger charge is 2.34. The average Bonchev–Trinajstić information content (AvgIpc) is 3.14. The molecule has 0 spiro atoms. The molecule has 188 valence electrons. The van der Waals surface area contributed by atoms with Crippen molar-refractivity contribution < 1.29 is 22.7 Å². The number of hydrogen-bond acceptors (Lipinski definition) is 6. The molecule has 0 aromatic heterocycles. The lowest BCUT2D eigenvalue weighted by Crippen LogP contribution is -2.29. The molecule has 1 amide bonds. The molecule has 1 saturated heterocycles. The Kier molecular flexibility index (Phi) is 9.80. The lowest BCUT2D eigenvalue weighted by Gasteiger charge is -2.12. The van der Waals surface area contributed by atoms with Crippen LogP contribution in [-0.2, 0) is 14.8 Å². The van der Waals surface area contributed by atoms with E-state index in [1.54, 1.807) is 44.4 Å². The number of ether oxygens (including phenoxy) is 2. The number of rotatable bonds is 12. The highest BCUT2D eigenvalue weighted by Crippen LogP contribution is 2.35. The Morgan fingerprint density at radius 2 is 1.74 bits per heavy atom. The summed E-state index contributed by atoms with van der Waals surface area (Å²) in [4.78, 5) is 14.8. The van der Waals surface area contributed by atoms with Crippen LogP contribution in [0, 0.1) is 0 Å². The van der Waals surface area contributed by atoms with Crippen molar-refractivity contribution in [1.82, 2.24) is 4.90 Å². The van der Waals surface area contributed by atoms with Gasteiger partial charge >= 0.3 is 0 Å². The summed E-state index contributed by atoms with van der Waals surface area (Å²) in [5, 5.41) is 0.143. The van der Waals surface area contributed by atoms with Gasteiger partial charge < -0.3 is 9.47 Å². The summed E-state index contributed by atoms with van der Waals surface area (Å²) in [5.41, 5.74) is 0.755. The first-order valence-corrected chi connectivity index (χ1v) is 14.1. The number of benzene rings is 2. The smallest absolute Gasteiger partial charge is 0.284 e. The first-order chi connectivity index (χ1) is 16.9. The lowest BCUT2D eigenvalue weighted by atomic mass is 10.1. The molecule has 1 aliphatic rings. The number of unbranched alkanes of at least 4 members (excludes halogenated alkanes) is 4. The van der Waals surface area contributed by atoms with Crippen molar-refractivity contribution in [2.75, 3.05) is 20.3 Å². The Balaban J connectivity index is 1.80. The Hall–Kier alpha value is -2.78. The topological polar surface area (TPSA) is 85.3 Å². The summed E-state index contributed by atoms with van der Waals surface area (Å²) in [6.45, 7) is 4.87. The molecule has 9 heteroatoms. The fourth-order valence-electron chi connectivity index (χ4n) is 3.54. The van der Waals surface area contributed by atoms with Crippen molar-refractivity contribution in [3.63, 3.8) is 0 Å². The van der Waals surface area contributed by atoms with Gasteiger partial charge in [0.25, 0.3) is 15.9 Å². The van der Waals surface area contributed by atoms with Crippen LogP contribution in [0.4, 0.5) is 0 Å². The van der Waals surface area contributed by atoms with Gasteiger partial charge in [-0.2, -0.15) is 8.42 Å². The molecule has 1 aliphatic heterocycles. The molecule has 1 heterocycles. The third-order valence-corrected chi connectivity index (χ3v) is 7.84. The monoisotopic (exact) mass is 516 g/mol. The molecule has 0 saturated carbocycles. The minimum atomic E-state index is -3.93. The van der Waals surface area contributed by atoms with Crippen LogP contribution >= 0.6 is 11.8 Å². The van der Waals surface area contributed by atoms with Crippen LogP contribution in [0.3, 0.4) is 0 Å². The second-order valence-corrected chi connectivity index (χ2v) is 10.6. The van der Waals surface area contributed by atoms with Crippen molar-refractivity contribution in [2.24, 2.45) is 4.40 Å². The molecule has 0 aliphatic carbocycles. The molecule has 2 aromatic rings. The third kappa shape index (κ3) is 7.11. The van der Waals surface area contributed by atoms with Crippen LogP contribution in [0.2, 0.25) is 0 Å². The van der Waals surface area contributed by atoms with Crippen molar-refractivity contribution >= 4 is 38.9 Å². The Morgan fingerprint density at radius 3 is 2.43 bits per heavy atom. The second kappa shape index (κ2) is 12.8. The van der Waals surface area contributed by atoms with Gasteiger partial charge in [-0.25, -0.2) is 0 Å². The van der Waals surface area contributed by atoms with Gasteiger partial charge in [0.15, 0.2) is 16.7 Å². The molecule has 0 N–H and O–H groups in total. The van der Waals surface area contributed by atoms with Gasteiger partial charge in [-0.05, 0) is 61.0 Å². The van der Waals surface area contributed by atoms with Crippen molar-refractivity contribution in [1.29, 1.82) is 0 Å². The molecule has 2 aromatic carbocycles. The number of nitrogens with zero attached hydrogens (tertiary/aromatic N) is 2. The maximum Gasteiger partial charge on any atom is 0.284 e. The summed E-state index contributed by atoms with van der Waals surface area (Å²) in [7, 11) is -2.34. The van der Waals surface area contributed by atoms with Crippen LogP contribution < -0.4 is 9.47 Å². The number of amidine groups is 1. The average molecular weight is 517 g/mol. The van der Waals surface area contributed by atoms with Gasteiger partial charge in [0, 0.05) is 6.54 Å². The first kappa shape index (κ1) is 26.8. The summed E-state index contributed by atoms with van der Waals surface area (Å²) in [6.07, 6.45) is 7.42. The molecule has 0 bridgehead atoms. The maximum atomic E-state index is 13.0. The molecule has 1 fully saturated rings. The van der Waals surface area contributed by atoms with E-state index in [2.05, 4.69) is 11.3 Å². The molecule has 0 radical (unpaired) electrons. The van der Waals surface area contributed by atoms with Gasteiger partial charge in [0.05, 0.1) is 23.5 Å². The number of likely N-dealkylation sites (N-methyl/N-ethyl adjacent to an activating group) is 1. The van der Waals surface area contributed by atoms with Crippen molar-refractivity contribution in [3.8, 4) is 11.5 Å². The van der Waals surface area contributed by atoms with E-state index in [0.717, 1.165) is 30.2 Å². The van der Waals surface area contributed by atoms with Gasteiger partial charge in [0.2, 0.25) is 0 Å². The van der Waals surface area contributed by atoms with E-state index in [-0.39, 0.29) is 16.0 Å².